The Morgan fingerprint density at radius 2 is 1.75 bits per heavy atom. The number of hydrogen-bond donors (Lipinski definition) is 0. The second-order valence-electron chi connectivity index (χ2n) is 5.86. The highest BCUT2D eigenvalue weighted by Crippen LogP contribution is 2.35. The lowest BCUT2D eigenvalue weighted by Crippen LogP contribution is -2.42. The first-order valence-corrected chi connectivity index (χ1v) is 7.64. The van der Waals surface area contributed by atoms with Gasteiger partial charge in [-0.2, -0.15) is 0 Å². The maximum absolute atomic E-state index is 12.7. The van der Waals surface area contributed by atoms with Crippen molar-refractivity contribution in [2.75, 3.05) is 32.1 Å². The highest BCUT2D eigenvalue weighted by atomic mass is 16.5. The molecule has 124 valence electrons. The minimum Gasteiger partial charge on any atom is -0.464 e. The van der Waals surface area contributed by atoms with Gasteiger partial charge in [-0.3, -0.25) is 19.3 Å². The maximum atomic E-state index is 12.7. The predicted octanol–water partition coefficient (Wildman–Crippen LogP) is 2.06. The molecule has 1 aliphatic rings. The summed E-state index contributed by atoms with van der Waals surface area (Å²) in [5, 5.41) is 1.55. The lowest BCUT2D eigenvalue weighted by atomic mass is 9.93. The molecular formula is C18H18N2O4. The molecule has 6 nitrogen and oxygen atoms in total. The molecule has 0 aliphatic carbocycles. The number of carbonyl (C=O) groups is 3. The van der Waals surface area contributed by atoms with Gasteiger partial charge in [-0.15, -0.1) is 0 Å². The molecule has 0 fully saturated rings. The lowest BCUT2D eigenvalue weighted by molar-refractivity contribution is -0.141. The van der Waals surface area contributed by atoms with E-state index >= 15 is 0 Å². The van der Waals surface area contributed by atoms with Crippen LogP contribution in [0, 0.1) is 0 Å². The van der Waals surface area contributed by atoms with Gasteiger partial charge in [0.1, 0.15) is 6.61 Å². The van der Waals surface area contributed by atoms with Gasteiger partial charge < -0.3 is 9.64 Å². The Morgan fingerprint density at radius 1 is 1.08 bits per heavy atom. The Morgan fingerprint density at radius 3 is 2.38 bits per heavy atom. The zero-order chi connectivity index (χ0) is 17.4. The molecule has 2 aromatic carbocycles. The Bertz CT molecular complexity index is 835. The molecule has 0 bridgehead atoms. The number of imide groups is 1. The smallest absolute Gasteiger partial charge is 0.302 e. The number of esters is 1. The molecule has 2 aromatic rings. The van der Waals surface area contributed by atoms with Gasteiger partial charge in [0.15, 0.2) is 0 Å². The van der Waals surface area contributed by atoms with E-state index in [1.165, 1.54) is 6.92 Å². The summed E-state index contributed by atoms with van der Waals surface area (Å²) in [5.74, 6) is -1.16. The van der Waals surface area contributed by atoms with Gasteiger partial charge in [0, 0.05) is 48.6 Å². The zero-order valence-electron chi connectivity index (χ0n) is 13.8. The second-order valence-corrected chi connectivity index (χ2v) is 5.86. The van der Waals surface area contributed by atoms with Crippen LogP contribution in [0.1, 0.15) is 27.6 Å². The average molecular weight is 326 g/mol. The number of nitrogens with zero attached hydrogens (tertiary/aromatic N) is 2. The fourth-order valence-corrected chi connectivity index (χ4v) is 3.00. The van der Waals surface area contributed by atoms with Crippen LogP contribution >= 0.6 is 0 Å². The number of benzene rings is 2. The van der Waals surface area contributed by atoms with Crippen molar-refractivity contribution in [2.45, 2.75) is 6.92 Å². The molecule has 6 heteroatoms. The van der Waals surface area contributed by atoms with E-state index in [0.717, 1.165) is 16.0 Å². The first kappa shape index (κ1) is 16.0. The second kappa shape index (κ2) is 5.96. The van der Waals surface area contributed by atoms with Crippen LogP contribution in [-0.2, 0) is 9.53 Å². The van der Waals surface area contributed by atoms with Crippen molar-refractivity contribution >= 4 is 34.2 Å². The van der Waals surface area contributed by atoms with E-state index in [0.29, 0.717) is 16.5 Å². The molecular weight excluding hydrogens is 308 g/mol. The zero-order valence-corrected chi connectivity index (χ0v) is 13.8. The van der Waals surface area contributed by atoms with Gasteiger partial charge in [-0.25, -0.2) is 0 Å². The van der Waals surface area contributed by atoms with Crippen LogP contribution in [0.15, 0.2) is 30.3 Å². The van der Waals surface area contributed by atoms with E-state index in [-0.39, 0.29) is 25.0 Å². The van der Waals surface area contributed by atoms with E-state index in [1.54, 1.807) is 12.1 Å². The number of carbonyl (C=O) groups excluding carboxylic acids is 3. The molecule has 0 saturated carbocycles. The maximum Gasteiger partial charge on any atom is 0.302 e. The van der Waals surface area contributed by atoms with Crippen molar-refractivity contribution in [1.82, 2.24) is 4.90 Å². The van der Waals surface area contributed by atoms with Crippen molar-refractivity contribution in [1.29, 1.82) is 0 Å². The lowest BCUT2D eigenvalue weighted by Gasteiger charge is -2.28. The van der Waals surface area contributed by atoms with Crippen molar-refractivity contribution < 1.29 is 19.1 Å². The van der Waals surface area contributed by atoms with Crippen molar-refractivity contribution in [3.63, 3.8) is 0 Å². The van der Waals surface area contributed by atoms with Gasteiger partial charge >= 0.3 is 5.97 Å². The molecule has 2 amide bonds. The van der Waals surface area contributed by atoms with Crippen LogP contribution in [0.2, 0.25) is 0 Å². The highest BCUT2D eigenvalue weighted by molar-refractivity contribution is 6.26. The summed E-state index contributed by atoms with van der Waals surface area (Å²) in [4.78, 5) is 39.4. The SMILES string of the molecule is CC(=O)OCCN1C(=O)c2cccc3c(N(C)C)ccc(c23)C1=O. The largest absolute Gasteiger partial charge is 0.464 e. The summed E-state index contributed by atoms with van der Waals surface area (Å²) < 4.78 is 4.86. The molecule has 0 spiro atoms. The van der Waals surface area contributed by atoms with Crippen LogP contribution in [-0.4, -0.2) is 49.9 Å². The van der Waals surface area contributed by atoms with Gasteiger partial charge in [-0.05, 0) is 18.2 Å². The van der Waals surface area contributed by atoms with Crippen molar-refractivity contribution in [3.05, 3.63) is 41.5 Å². The highest BCUT2D eigenvalue weighted by Gasteiger charge is 2.33. The Hall–Kier alpha value is -2.89. The van der Waals surface area contributed by atoms with Crippen LogP contribution in [0.5, 0.6) is 0 Å². The summed E-state index contributed by atoms with van der Waals surface area (Å²) in [6.45, 7) is 1.33. The third kappa shape index (κ3) is 2.50. The van der Waals surface area contributed by atoms with Crippen molar-refractivity contribution in [3.8, 4) is 0 Å². The summed E-state index contributed by atoms with van der Waals surface area (Å²) >= 11 is 0. The number of amides is 2. The molecule has 0 radical (unpaired) electrons. The summed E-state index contributed by atoms with van der Waals surface area (Å²) in [5.41, 5.74) is 1.94. The topological polar surface area (TPSA) is 66.9 Å². The van der Waals surface area contributed by atoms with Gasteiger partial charge in [0.25, 0.3) is 11.8 Å². The summed E-state index contributed by atoms with van der Waals surface area (Å²) in [6.07, 6.45) is 0. The molecule has 1 heterocycles. The van der Waals surface area contributed by atoms with E-state index < -0.39 is 5.97 Å². The summed E-state index contributed by atoms with van der Waals surface area (Å²) in [7, 11) is 3.84. The van der Waals surface area contributed by atoms with Gasteiger partial charge in [0.2, 0.25) is 0 Å². The van der Waals surface area contributed by atoms with Crippen LogP contribution in [0.25, 0.3) is 10.8 Å². The first-order chi connectivity index (χ1) is 11.4. The first-order valence-electron chi connectivity index (χ1n) is 7.64. The normalized spacial score (nSPS) is 13.4. The Kier molecular flexibility index (Phi) is 3.97. The predicted molar refractivity (Wildman–Crippen MR) is 90.3 cm³/mol. The average Bonchev–Trinajstić information content (AvgIpc) is 2.54. The van der Waals surface area contributed by atoms with Crippen LogP contribution in [0.4, 0.5) is 5.69 Å². The van der Waals surface area contributed by atoms with Gasteiger partial charge in [0.05, 0.1) is 6.54 Å². The van der Waals surface area contributed by atoms with E-state index in [9.17, 15) is 14.4 Å². The number of ether oxygens (including phenoxy) is 1. The number of anilines is 1. The van der Waals surface area contributed by atoms with Crippen LogP contribution < -0.4 is 4.90 Å². The molecule has 0 atom stereocenters. The molecule has 0 N–H and O–H groups in total. The van der Waals surface area contributed by atoms with E-state index in [2.05, 4.69) is 0 Å². The Labute approximate surface area is 139 Å². The fourth-order valence-electron chi connectivity index (χ4n) is 3.00. The number of rotatable bonds is 4. The number of hydrogen-bond acceptors (Lipinski definition) is 5. The van der Waals surface area contributed by atoms with E-state index in [1.807, 2.05) is 37.2 Å². The summed E-state index contributed by atoms with van der Waals surface area (Å²) in [6, 6.07) is 9.06. The molecule has 0 aromatic heterocycles. The van der Waals surface area contributed by atoms with Crippen LogP contribution in [0.3, 0.4) is 0 Å². The minimum atomic E-state index is -0.440. The third-order valence-electron chi connectivity index (χ3n) is 4.07. The standard InChI is InChI=1S/C18H18N2O4/c1-11(21)24-10-9-20-17(22)13-6-4-5-12-15(19(2)3)8-7-14(16(12)13)18(20)23/h4-8H,9-10H2,1-3H3. The fraction of sp³-hybridized carbons (Fsp3) is 0.278. The monoisotopic (exact) mass is 326 g/mol. The molecule has 0 saturated heterocycles. The molecule has 3 rings (SSSR count). The minimum absolute atomic E-state index is 0.00605. The Balaban J connectivity index is 2.08. The molecule has 1 aliphatic heterocycles. The third-order valence-corrected chi connectivity index (χ3v) is 4.07. The molecule has 0 unspecified atom stereocenters. The van der Waals surface area contributed by atoms with Crippen molar-refractivity contribution in [2.24, 2.45) is 0 Å². The van der Waals surface area contributed by atoms with Gasteiger partial charge in [-0.1, -0.05) is 12.1 Å². The molecule has 24 heavy (non-hydrogen) atoms. The van der Waals surface area contributed by atoms with E-state index in [4.69, 9.17) is 4.74 Å². The quantitative estimate of drug-likeness (QED) is 0.635.